The van der Waals surface area contributed by atoms with Crippen molar-refractivity contribution in [3.8, 4) is 11.3 Å². The summed E-state index contributed by atoms with van der Waals surface area (Å²) < 4.78 is 5.37. The van der Waals surface area contributed by atoms with Crippen LogP contribution in [0.2, 0.25) is 5.02 Å². The van der Waals surface area contributed by atoms with Gasteiger partial charge in [0.15, 0.2) is 0 Å². The van der Waals surface area contributed by atoms with Gasteiger partial charge in [-0.25, -0.2) is 9.97 Å². The lowest BCUT2D eigenvalue weighted by Crippen LogP contribution is -2.39. The highest BCUT2D eigenvalue weighted by atomic mass is 35.5. The van der Waals surface area contributed by atoms with Gasteiger partial charge in [0.1, 0.15) is 12.8 Å². The summed E-state index contributed by atoms with van der Waals surface area (Å²) >= 11 is 6.37. The zero-order chi connectivity index (χ0) is 25.1. The summed E-state index contributed by atoms with van der Waals surface area (Å²) in [6.45, 7) is 0.893. The van der Waals surface area contributed by atoms with Crippen LogP contribution in [-0.4, -0.2) is 57.8 Å². The first-order valence-corrected chi connectivity index (χ1v) is 12.2. The molecule has 5 rings (SSSR count). The van der Waals surface area contributed by atoms with Crippen molar-refractivity contribution in [1.82, 2.24) is 20.2 Å². The van der Waals surface area contributed by atoms with E-state index in [0.717, 1.165) is 17.5 Å². The number of amides is 2. The number of benzene rings is 2. The molecule has 1 fully saturated rings. The van der Waals surface area contributed by atoms with Crippen LogP contribution in [0.5, 0.6) is 0 Å². The largest absolute Gasteiger partial charge is 0.396 e. The molecule has 3 N–H and O–H groups in total. The lowest BCUT2D eigenvalue weighted by atomic mass is 10.0. The van der Waals surface area contributed by atoms with Gasteiger partial charge >= 0.3 is 0 Å². The van der Waals surface area contributed by atoms with E-state index in [1.165, 1.54) is 11.1 Å². The SMILES string of the molecule is O=C(CN1Cc2ccc(-c3nc(NC4CCO4)ncc3Cl)cc2C1=O)NC(CCO)c1ccccc1. The van der Waals surface area contributed by atoms with Crippen molar-refractivity contribution in [2.24, 2.45) is 0 Å². The van der Waals surface area contributed by atoms with Crippen LogP contribution in [-0.2, 0) is 16.1 Å². The molecule has 186 valence electrons. The average Bonchev–Trinajstić information content (AvgIpc) is 3.17. The molecule has 2 unspecified atom stereocenters. The number of aromatic nitrogens is 2. The number of rotatable bonds is 9. The molecule has 1 saturated heterocycles. The van der Waals surface area contributed by atoms with Crippen molar-refractivity contribution in [2.45, 2.75) is 31.7 Å². The molecule has 3 aromatic rings. The number of halogens is 1. The third kappa shape index (κ3) is 5.18. The van der Waals surface area contributed by atoms with Crippen molar-refractivity contribution in [3.05, 3.63) is 76.4 Å². The minimum absolute atomic E-state index is 0.0623. The Labute approximate surface area is 213 Å². The van der Waals surface area contributed by atoms with E-state index in [0.29, 0.717) is 47.4 Å². The van der Waals surface area contributed by atoms with Crippen LogP contribution < -0.4 is 10.6 Å². The number of carbonyl (C=O) groups excluding carboxylic acids is 2. The maximum Gasteiger partial charge on any atom is 0.254 e. The number of hydrogen-bond donors (Lipinski definition) is 3. The predicted octanol–water partition coefficient (Wildman–Crippen LogP) is 3.15. The number of aliphatic hydroxyl groups is 1. The summed E-state index contributed by atoms with van der Waals surface area (Å²) in [6.07, 6.45) is 2.67. The zero-order valence-corrected chi connectivity index (χ0v) is 20.2. The van der Waals surface area contributed by atoms with Crippen molar-refractivity contribution in [2.75, 3.05) is 25.1 Å². The van der Waals surface area contributed by atoms with Gasteiger partial charge in [-0.15, -0.1) is 0 Å². The van der Waals surface area contributed by atoms with Crippen molar-refractivity contribution < 1.29 is 19.4 Å². The number of nitrogens with zero attached hydrogens (tertiary/aromatic N) is 3. The zero-order valence-electron chi connectivity index (χ0n) is 19.5. The van der Waals surface area contributed by atoms with Gasteiger partial charge in [-0.05, 0) is 23.6 Å². The standard InChI is InChI=1S/C26H26ClN5O4/c27-20-13-28-26(30-23-9-11-36-23)31-24(20)17-6-7-18-14-32(25(35)19(18)12-17)15-22(34)29-21(8-10-33)16-4-2-1-3-5-16/h1-7,12-13,21,23,33H,8-11,14-15H2,(H,29,34)(H,28,30,31). The molecule has 2 aliphatic rings. The highest BCUT2D eigenvalue weighted by molar-refractivity contribution is 6.33. The fourth-order valence-corrected chi connectivity index (χ4v) is 4.52. The van der Waals surface area contributed by atoms with Crippen LogP contribution in [0.3, 0.4) is 0 Å². The second-order valence-corrected chi connectivity index (χ2v) is 9.17. The first-order chi connectivity index (χ1) is 17.5. The summed E-state index contributed by atoms with van der Waals surface area (Å²) in [5.74, 6) is -0.113. The van der Waals surface area contributed by atoms with E-state index in [-0.39, 0.29) is 37.2 Å². The number of hydrogen-bond acceptors (Lipinski definition) is 7. The normalized spacial score (nSPS) is 17.3. The monoisotopic (exact) mass is 507 g/mol. The van der Waals surface area contributed by atoms with Crippen LogP contribution in [0, 0.1) is 0 Å². The molecule has 0 bridgehead atoms. The molecule has 2 amide bonds. The van der Waals surface area contributed by atoms with Gasteiger partial charge in [-0.2, -0.15) is 0 Å². The van der Waals surface area contributed by atoms with Gasteiger partial charge in [0.2, 0.25) is 11.9 Å². The number of aliphatic hydroxyl groups excluding tert-OH is 1. The maximum absolute atomic E-state index is 13.2. The second kappa shape index (κ2) is 10.6. The molecule has 2 atom stereocenters. The Kier molecular flexibility index (Phi) is 7.13. The molecule has 2 aromatic carbocycles. The molecule has 1 aromatic heterocycles. The van der Waals surface area contributed by atoms with Crippen LogP contribution >= 0.6 is 11.6 Å². The highest BCUT2D eigenvalue weighted by Gasteiger charge is 2.30. The number of anilines is 1. The summed E-state index contributed by atoms with van der Waals surface area (Å²) in [4.78, 5) is 36.2. The van der Waals surface area contributed by atoms with Crippen LogP contribution in [0.1, 0.15) is 40.4 Å². The Morgan fingerprint density at radius 2 is 2.06 bits per heavy atom. The molecule has 36 heavy (non-hydrogen) atoms. The topological polar surface area (TPSA) is 117 Å². The molecule has 0 radical (unpaired) electrons. The molecule has 0 aliphatic carbocycles. The van der Waals surface area contributed by atoms with Crippen molar-refractivity contribution >= 4 is 29.4 Å². The minimum Gasteiger partial charge on any atom is -0.396 e. The summed E-state index contributed by atoms with van der Waals surface area (Å²) in [6, 6.07) is 14.6. The quantitative estimate of drug-likeness (QED) is 0.407. The van der Waals surface area contributed by atoms with Crippen molar-refractivity contribution in [1.29, 1.82) is 0 Å². The molecule has 3 heterocycles. The van der Waals surface area contributed by atoms with Crippen LogP contribution in [0.4, 0.5) is 5.95 Å². The summed E-state index contributed by atoms with van der Waals surface area (Å²) in [5.41, 5.74) is 3.44. The fraction of sp³-hybridized carbons (Fsp3) is 0.308. The summed E-state index contributed by atoms with van der Waals surface area (Å²) in [7, 11) is 0. The van der Waals surface area contributed by atoms with E-state index in [1.54, 1.807) is 6.07 Å². The van der Waals surface area contributed by atoms with Crippen LogP contribution in [0.15, 0.2) is 54.7 Å². The lowest BCUT2D eigenvalue weighted by molar-refractivity contribution is -0.122. The van der Waals surface area contributed by atoms with E-state index in [4.69, 9.17) is 16.3 Å². The van der Waals surface area contributed by atoms with Gasteiger partial charge in [-0.3, -0.25) is 9.59 Å². The van der Waals surface area contributed by atoms with E-state index >= 15 is 0 Å². The first-order valence-electron chi connectivity index (χ1n) is 11.8. The average molecular weight is 508 g/mol. The lowest BCUT2D eigenvalue weighted by Gasteiger charge is -2.27. The van der Waals surface area contributed by atoms with E-state index < -0.39 is 0 Å². The number of carbonyl (C=O) groups is 2. The Bertz CT molecular complexity index is 1270. The van der Waals surface area contributed by atoms with E-state index in [1.807, 2.05) is 42.5 Å². The number of ether oxygens (including phenoxy) is 1. The molecule has 2 aliphatic heterocycles. The molecular formula is C26H26ClN5O4. The molecule has 0 saturated carbocycles. The predicted molar refractivity (Wildman–Crippen MR) is 134 cm³/mol. The molecular weight excluding hydrogens is 482 g/mol. The first kappa shape index (κ1) is 24.2. The third-order valence-corrected chi connectivity index (χ3v) is 6.56. The van der Waals surface area contributed by atoms with E-state index in [2.05, 4.69) is 20.6 Å². The highest BCUT2D eigenvalue weighted by Crippen LogP contribution is 2.32. The van der Waals surface area contributed by atoms with Gasteiger partial charge in [0.05, 0.1) is 29.6 Å². The summed E-state index contributed by atoms with van der Waals surface area (Å²) in [5, 5.41) is 15.8. The van der Waals surface area contributed by atoms with Gasteiger partial charge in [0.25, 0.3) is 5.91 Å². The Morgan fingerprint density at radius 1 is 1.25 bits per heavy atom. The Balaban J connectivity index is 1.28. The maximum atomic E-state index is 13.2. The minimum atomic E-state index is -0.330. The molecule has 10 heteroatoms. The third-order valence-electron chi connectivity index (χ3n) is 6.28. The Hall–Kier alpha value is -3.53. The van der Waals surface area contributed by atoms with Crippen LogP contribution in [0.25, 0.3) is 11.3 Å². The van der Waals surface area contributed by atoms with Gasteiger partial charge < -0.3 is 25.4 Å². The fourth-order valence-electron chi connectivity index (χ4n) is 4.32. The van der Waals surface area contributed by atoms with Gasteiger partial charge in [-0.1, -0.05) is 54.1 Å². The molecule has 0 spiro atoms. The number of nitrogens with one attached hydrogen (secondary N) is 2. The molecule has 9 nitrogen and oxygen atoms in total. The smallest absolute Gasteiger partial charge is 0.254 e. The van der Waals surface area contributed by atoms with Gasteiger partial charge in [0, 0.05) is 30.7 Å². The van der Waals surface area contributed by atoms with E-state index in [9.17, 15) is 14.7 Å². The van der Waals surface area contributed by atoms with Crippen molar-refractivity contribution in [3.63, 3.8) is 0 Å². The second-order valence-electron chi connectivity index (χ2n) is 8.76. The Morgan fingerprint density at radius 3 is 2.78 bits per heavy atom. The number of fused-ring (bicyclic) bond motifs is 1.